The molecule has 1 saturated carbocycles. The number of nitrogens with zero attached hydrogens (tertiary/aromatic N) is 3. The van der Waals surface area contributed by atoms with Crippen molar-refractivity contribution in [3.05, 3.63) is 40.4 Å². The van der Waals surface area contributed by atoms with Crippen LogP contribution in [-0.2, 0) is 16.1 Å². The third kappa shape index (κ3) is 2.50. The lowest BCUT2D eigenvalue weighted by Crippen LogP contribution is -2.40. The lowest BCUT2D eigenvalue weighted by molar-refractivity contribution is -0.140. The summed E-state index contributed by atoms with van der Waals surface area (Å²) in [6, 6.07) is 6.75. The Morgan fingerprint density at radius 3 is 2.75 bits per heavy atom. The summed E-state index contributed by atoms with van der Waals surface area (Å²) in [4.78, 5) is 47.1. The van der Waals surface area contributed by atoms with Crippen LogP contribution in [0.1, 0.15) is 25.1 Å². The Balaban J connectivity index is 1.56. The number of likely N-dealkylation sites (N-methyl/N-ethyl adjacent to an activating group) is 1. The fourth-order valence-electron chi connectivity index (χ4n) is 3.25. The van der Waals surface area contributed by atoms with E-state index in [-0.39, 0.29) is 29.8 Å². The van der Waals surface area contributed by atoms with Gasteiger partial charge in [-0.1, -0.05) is 12.1 Å². The van der Waals surface area contributed by atoms with Crippen molar-refractivity contribution in [1.82, 2.24) is 19.8 Å². The number of imide groups is 1. The van der Waals surface area contributed by atoms with Crippen LogP contribution in [0.25, 0.3) is 10.9 Å². The number of aromatic nitrogens is 2. The molecule has 4 rings (SSSR count). The van der Waals surface area contributed by atoms with Gasteiger partial charge in [-0.3, -0.25) is 24.2 Å². The number of nitrogens with one attached hydrogen (secondary N) is 1. The van der Waals surface area contributed by atoms with Gasteiger partial charge in [0.2, 0.25) is 11.8 Å². The van der Waals surface area contributed by atoms with Gasteiger partial charge in [0.15, 0.2) is 0 Å². The van der Waals surface area contributed by atoms with Gasteiger partial charge in [-0.15, -0.1) is 0 Å². The molecule has 1 aromatic heterocycles. The van der Waals surface area contributed by atoms with Gasteiger partial charge in [-0.2, -0.15) is 0 Å². The van der Waals surface area contributed by atoms with Crippen molar-refractivity contribution in [1.29, 1.82) is 0 Å². The molecular formula is C17H18N4O3. The molecule has 24 heavy (non-hydrogen) atoms. The number of hydrogen-bond acceptors (Lipinski definition) is 5. The zero-order chi connectivity index (χ0) is 16.8. The molecule has 1 aliphatic heterocycles. The van der Waals surface area contributed by atoms with Crippen LogP contribution in [-0.4, -0.2) is 50.7 Å². The minimum atomic E-state index is -0.477. The van der Waals surface area contributed by atoms with Gasteiger partial charge in [0.1, 0.15) is 5.82 Å². The summed E-state index contributed by atoms with van der Waals surface area (Å²) in [7, 11) is 1.78. The predicted molar refractivity (Wildman–Crippen MR) is 87.1 cm³/mol. The largest absolute Gasteiger partial charge is 0.309 e. The van der Waals surface area contributed by atoms with Gasteiger partial charge in [-0.25, -0.2) is 4.98 Å². The molecule has 7 heteroatoms. The Kier molecular flexibility index (Phi) is 3.45. The molecule has 7 nitrogen and oxygen atoms in total. The normalized spacial score (nSPS) is 21.2. The molecule has 2 aromatic rings. The summed E-state index contributed by atoms with van der Waals surface area (Å²) in [5.74, 6) is 0.263. The van der Waals surface area contributed by atoms with Crippen LogP contribution in [0.4, 0.5) is 0 Å². The summed E-state index contributed by atoms with van der Waals surface area (Å²) in [6.45, 7) is 0.308. The smallest absolute Gasteiger partial charge is 0.258 e. The van der Waals surface area contributed by atoms with Gasteiger partial charge in [0.25, 0.3) is 5.56 Å². The number of aromatic amines is 1. The molecule has 1 saturated heterocycles. The van der Waals surface area contributed by atoms with Crippen molar-refractivity contribution >= 4 is 22.7 Å². The molecule has 2 fully saturated rings. The first kappa shape index (κ1) is 15.0. The van der Waals surface area contributed by atoms with Crippen LogP contribution in [0.2, 0.25) is 0 Å². The van der Waals surface area contributed by atoms with Crippen molar-refractivity contribution in [3.63, 3.8) is 0 Å². The summed E-state index contributed by atoms with van der Waals surface area (Å²) < 4.78 is 0. The average Bonchev–Trinajstić information content (AvgIpc) is 3.33. The second-order valence-electron chi connectivity index (χ2n) is 6.50. The van der Waals surface area contributed by atoms with Gasteiger partial charge in [-0.05, 0) is 32.0 Å². The minimum Gasteiger partial charge on any atom is -0.309 e. The minimum absolute atomic E-state index is 0.0979. The van der Waals surface area contributed by atoms with Crippen molar-refractivity contribution < 1.29 is 9.59 Å². The Morgan fingerprint density at radius 1 is 1.25 bits per heavy atom. The van der Waals surface area contributed by atoms with Gasteiger partial charge in [0.05, 0.1) is 29.9 Å². The first-order chi connectivity index (χ1) is 11.5. The number of likely N-dealkylation sites (tertiary alicyclic amines) is 1. The first-order valence-electron chi connectivity index (χ1n) is 8.08. The second kappa shape index (κ2) is 5.52. The Morgan fingerprint density at radius 2 is 2.00 bits per heavy atom. The van der Waals surface area contributed by atoms with E-state index in [4.69, 9.17) is 0 Å². The molecule has 1 N–H and O–H groups in total. The third-order valence-corrected chi connectivity index (χ3v) is 4.66. The number of para-hydroxylation sites is 1. The zero-order valence-electron chi connectivity index (χ0n) is 13.4. The molecule has 1 aromatic carbocycles. The molecule has 1 aliphatic carbocycles. The molecule has 2 heterocycles. The van der Waals surface area contributed by atoms with Crippen molar-refractivity contribution in [3.8, 4) is 0 Å². The fraction of sp³-hybridized carbons (Fsp3) is 0.412. The van der Waals surface area contributed by atoms with Crippen LogP contribution in [0.5, 0.6) is 0 Å². The average molecular weight is 326 g/mol. The second-order valence-corrected chi connectivity index (χ2v) is 6.50. The summed E-state index contributed by atoms with van der Waals surface area (Å²) in [5.41, 5.74) is 0.426. The number of H-pyrrole nitrogens is 1. The lowest BCUT2D eigenvalue weighted by Gasteiger charge is -2.22. The molecule has 0 radical (unpaired) electrons. The van der Waals surface area contributed by atoms with Crippen molar-refractivity contribution in [2.45, 2.75) is 37.9 Å². The quantitative estimate of drug-likeness (QED) is 0.834. The zero-order valence-corrected chi connectivity index (χ0v) is 13.4. The van der Waals surface area contributed by atoms with Crippen LogP contribution in [0.3, 0.4) is 0 Å². The molecule has 2 amide bonds. The molecular weight excluding hydrogens is 308 g/mol. The Bertz CT molecular complexity index is 887. The highest BCUT2D eigenvalue weighted by Crippen LogP contribution is 2.32. The highest BCUT2D eigenvalue weighted by molar-refractivity contribution is 6.06. The third-order valence-electron chi connectivity index (χ3n) is 4.66. The lowest BCUT2D eigenvalue weighted by atomic mass is 10.2. The van der Waals surface area contributed by atoms with Crippen LogP contribution >= 0.6 is 0 Å². The molecule has 2 aliphatic rings. The van der Waals surface area contributed by atoms with E-state index in [1.807, 2.05) is 6.07 Å². The van der Waals surface area contributed by atoms with E-state index in [0.717, 1.165) is 12.8 Å². The van der Waals surface area contributed by atoms with Crippen LogP contribution in [0, 0.1) is 0 Å². The molecule has 0 spiro atoms. The number of amides is 2. The number of benzene rings is 1. The van der Waals surface area contributed by atoms with E-state index < -0.39 is 6.04 Å². The maximum Gasteiger partial charge on any atom is 0.258 e. The van der Waals surface area contributed by atoms with Gasteiger partial charge < -0.3 is 4.98 Å². The van der Waals surface area contributed by atoms with Crippen LogP contribution in [0.15, 0.2) is 29.1 Å². The highest BCUT2D eigenvalue weighted by Gasteiger charge is 2.47. The molecule has 0 unspecified atom stereocenters. The maximum atomic E-state index is 12.5. The van der Waals surface area contributed by atoms with E-state index in [0.29, 0.717) is 23.3 Å². The molecule has 1 atom stereocenters. The monoisotopic (exact) mass is 326 g/mol. The number of fused-ring (bicyclic) bond motifs is 1. The Hall–Kier alpha value is -2.54. The number of carbonyl (C=O) groups excluding carboxylic acids is 2. The van der Waals surface area contributed by atoms with Gasteiger partial charge in [0, 0.05) is 6.04 Å². The van der Waals surface area contributed by atoms with E-state index in [2.05, 4.69) is 9.97 Å². The van der Waals surface area contributed by atoms with E-state index >= 15 is 0 Å². The van der Waals surface area contributed by atoms with E-state index in [9.17, 15) is 14.4 Å². The SMILES string of the molecule is CN(Cc1nc2ccccc2c(=O)[nH]1)[C@@H]1CC(=O)N(C2CC2)C1=O. The standard InChI is InChI=1S/C17H18N4O3/c1-20(13-8-15(22)21(17(13)24)10-6-7-10)9-14-18-12-5-3-2-4-11(12)16(23)19-14/h2-5,10,13H,6-9H2,1H3,(H,18,19,23)/t13-/m1/s1. The number of carbonyl (C=O) groups is 2. The van der Waals surface area contributed by atoms with E-state index in [1.54, 1.807) is 30.1 Å². The first-order valence-corrected chi connectivity index (χ1v) is 8.08. The predicted octanol–water partition coefficient (Wildman–Crippen LogP) is 0.645. The maximum absolute atomic E-state index is 12.5. The topological polar surface area (TPSA) is 86.4 Å². The van der Waals surface area contributed by atoms with Gasteiger partial charge >= 0.3 is 0 Å². The molecule has 0 bridgehead atoms. The fourth-order valence-corrected chi connectivity index (χ4v) is 3.25. The summed E-state index contributed by atoms with van der Waals surface area (Å²) in [5, 5.41) is 0.538. The molecule has 124 valence electrons. The number of rotatable bonds is 4. The van der Waals surface area contributed by atoms with Crippen LogP contribution < -0.4 is 5.56 Å². The van der Waals surface area contributed by atoms with E-state index in [1.165, 1.54) is 4.90 Å². The highest BCUT2D eigenvalue weighted by atomic mass is 16.2. The number of hydrogen-bond donors (Lipinski definition) is 1. The summed E-state index contributed by atoms with van der Waals surface area (Å²) in [6.07, 6.45) is 2.02. The summed E-state index contributed by atoms with van der Waals surface area (Å²) >= 11 is 0. The van der Waals surface area contributed by atoms with Crippen molar-refractivity contribution in [2.24, 2.45) is 0 Å². The van der Waals surface area contributed by atoms with Crippen molar-refractivity contribution in [2.75, 3.05) is 7.05 Å². The Labute approximate surface area is 138 Å².